The van der Waals surface area contributed by atoms with Gasteiger partial charge in [0.25, 0.3) is 5.91 Å². The van der Waals surface area contributed by atoms with Crippen LogP contribution in [0.25, 0.3) is 0 Å². The van der Waals surface area contributed by atoms with Crippen molar-refractivity contribution in [2.45, 2.75) is 19.4 Å². The Hall–Kier alpha value is -1.36. The van der Waals surface area contributed by atoms with E-state index < -0.39 is 0 Å². The van der Waals surface area contributed by atoms with Crippen molar-refractivity contribution in [3.05, 3.63) is 17.5 Å². The van der Waals surface area contributed by atoms with E-state index in [1.807, 2.05) is 0 Å². The van der Waals surface area contributed by atoms with Crippen LogP contribution in [-0.2, 0) is 0 Å². The maximum Gasteiger partial charge on any atom is 0.292 e. The number of carbonyl (C=O) groups is 1. The largest absolute Gasteiger partial charge is 0.351 e. The average Bonchev–Trinajstić information content (AvgIpc) is 2.73. The fourth-order valence-electron chi connectivity index (χ4n) is 1.59. The number of likely N-dealkylation sites (tertiary alicyclic amines) is 1. The van der Waals surface area contributed by atoms with Crippen molar-refractivity contribution in [3.8, 4) is 0 Å². The number of hydrogen-bond donors (Lipinski definition) is 1. The van der Waals surface area contributed by atoms with Gasteiger partial charge in [-0.3, -0.25) is 4.79 Å². The summed E-state index contributed by atoms with van der Waals surface area (Å²) < 4.78 is 4.89. The van der Waals surface area contributed by atoms with Crippen LogP contribution < -0.4 is 5.73 Å². The molecule has 1 atom stereocenters. The third-order valence-electron chi connectivity index (χ3n) is 2.35. The number of aromatic nitrogens is 1. The van der Waals surface area contributed by atoms with E-state index in [1.165, 1.54) is 0 Å². The van der Waals surface area contributed by atoms with Crippen molar-refractivity contribution in [2.75, 3.05) is 13.1 Å². The first-order valence-corrected chi connectivity index (χ1v) is 4.65. The lowest BCUT2D eigenvalue weighted by atomic mass is 10.3. The zero-order valence-electron chi connectivity index (χ0n) is 8.06. The van der Waals surface area contributed by atoms with Crippen LogP contribution in [0.1, 0.15) is 22.7 Å². The Bertz CT molecular complexity index is 348. The van der Waals surface area contributed by atoms with E-state index in [1.54, 1.807) is 17.9 Å². The molecule has 2 N–H and O–H groups in total. The first kappa shape index (κ1) is 9.21. The Morgan fingerprint density at radius 2 is 2.57 bits per heavy atom. The zero-order chi connectivity index (χ0) is 10.1. The second kappa shape index (κ2) is 3.42. The fraction of sp³-hybridized carbons (Fsp3) is 0.556. The van der Waals surface area contributed by atoms with Gasteiger partial charge < -0.3 is 15.2 Å². The van der Waals surface area contributed by atoms with Gasteiger partial charge in [0.05, 0.1) is 5.69 Å². The van der Waals surface area contributed by atoms with Gasteiger partial charge in [-0.15, -0.1) is 0 Å². The minimum Gasteiger partial charge on any atom is -0.351 e. The third-order valence-corrected chi connectivity index (χ3v) is 2.35. The van der Waals surface area contributed by atoms with Crippen molar-refractivity contribution >= 4 is 5.91 Å². The maximum atomic E-state index is 11.7. The topological polar surface area (TPSA) is 72.4 Å². The Balaban J connectivity index is 2.09. The minimum atomic E-state index is -0.112. The van der Waals surface area contributed by atoms with Gasteiger partial charge in [0.2, 0.25) is 5.76 Å². The van der Waals surface area contributed by atoms with Crippen LogP contribution >= 0.6 is 0 Å². The molecule has 1 aliphatic heterocycles. The fourth-order valence-corrected chi connectivity index (χ4v) is 1.59. The molecular weight excluding hydrogens is 182 g/mol. The van der Waals surface area contributed by atoms with E-state index in [9.17, 15) is 4.79 Å². The molecule has 2 rings (SSSR count). The van der Waals surface area contributed by atoms with Gasteiger partial charge >= 0.3 is 0 Å². The van der Waals surface area contributed by atoms with Gasteiger partial charge in [-0.2, -0.15) is 0 Å². The Kier molecular flexibility index (Phi) is 2.25. The number of nitrogens with two attached hydrogens (primary N) is 1. The molecule has 1 unspecified atom stereocenters. The predicted molar refractivity (Wildman–Crippen MR) is 49.7 cm³/mol. The molecule has 0 saturated carbocycles. The van der Waals surface area contributed by atoms with Gasteiger partial charge in [-0.05, 0) is 13.3 Å². The molecule has 0 radical (unpaired) electrons. The molecule has 1 saturated heterocycles. The van der Waals surface area contributed by atoms with Gasteiger partial charge in [0.15, 0.2) is 0 Å². The van der Waals surface area contributed by atoms with Gasteiger partial charge in [-0.25, -0.2) is 0 Å². The summed E-state index contributed by atoms with van der Waals surface area (Å²) in [5.74, 6) is 0.190. The van der Waals surface area contributed by atoms with Crippen LogP contribution in [-0.4, -0.2) is 35.1 Å². The van der Waals surface area contributed by atoms with E-state index in [0.717, 1.165) is 12.1 Å². The number of amides is 1. The molecule has 0 aliphatic carbocycles. The summed E-state index contributed by atoms with van der Waals surface area (Å²) in [7, 11) is 0. The summed E-state index contributed by atoms with van der Waals surface area (Å²) in [6, 6.07) is 1.74. The van der Waals surface area contributed by atoms with Crippen molar-refractivity contribution in [1.29, 1.82) is 0 Å². The molecule has 0 aromatic carbocycles. The van der Waals surface area contributed by atoms with Gasteiger partial charge in [0, 0.05) is 25.2 Å². The molecule has 1 aliphatic rings. The number of rotatable bonds is 1. The third kappa shape index (κ3) is 1.63. The zero-order valence-corrected chi connectivity index (χ0v) is 8.06. The monoisotopic (exact) mass is 195 g/mol. The SMILES string of the molecule is Cc1cc(C(=O)N2CCC(N)C2)on1. The summed E-state index contributed by atoms with van der Waals surface area (Å²) in [6.45, 7) is 3.11. The van der Waals surface area contributed by atoms with Crippen LogP contribution in [0.5, 0.6) is 0 Å². The Morgan fingerprint density at radius 3 is 3.07 bits per heavy atom. The predicted octanol–water partition coefficient (Wildman–Crippen LogP) is 0.156. The van der Waals surface area contributed by atoms with E-state index >= 15 is 0 Å². The van der Waals surface area contributed by atoms with E-state index in [4.69, 9.17) is 10.3 Å². The molecule has 14 heavy (non-hydrogen) atoms. The molecule has 1 fully saturated rings. The van der Waals surface area contributed by atoms with Crippen molar-refractivity contribution in [2.24, 2.45) is 5.73 Å². The van der Waals surface area contributed by atoms with Crippen LogP contribution in [0, 0.1) is 6.92 Å². The minimum absolute atomic E-state index is 0.1000. The van der Waals surface area contributed by atoms with Gasteiger partial charge in [-0.1, -0.05) is 5.16 Å². The van der Waals surface area contributed by atoms with Crippen molar-refractivity contribution in [1.82, 2.24) is 10.1 Å². The quantitative estimate of drug-likeness (QED) is 0.692. The molecule has 1 amide bonds. The highest BCUT2D eigenvalue weighted by Crippen LogP contribution is 2.12. The lowest BCUT2D eigenvalue weighted by Gasteiger charge is -2.12. The van der Waals surface area contributed by atoms with E-state index in [2.05, 4.69) is 5.16 Å². The number of carbonyl (C=O) groups excluding carboxylic acids is 1. The maximum absolute atomic E-state index is 11.7. The summed E-state index contributed by atoms with van der Waals surface area (Å²) in [6.07, 6.45) is 0.860. The highest BCUT2D eigenvalue weighted by Gasteiger charge is 2.26. The standard InChI is InChI=1S/C9H13N3O2/c1-6-4-8(14-11-6)9(13)12-3-2-7(10)5-12/h4,7H,2-3,5,10H2,1H3. The lowest BCUT2D eigenvalue weighted by Crippen LogP contribution is -2.31. The van der Waals surface area contributed by atoms with E-state index in [0.29, 0.717) is 18.8 Å². The summed E-state index contributed by atoms with van der Waals surface area (Å²) in [4.78, 5) is 13.4. The van der Waals surface area contributed by atoms with Gasteiger partial charge in [0.1, 0.15) is 0 Å². The second-order valence-corrected chi connectivity index (χ2v) is 3.63. The normalized spacial score (nSPS) is 21.6. The molecule has 1 aromatic rings. The van der Waals surface area contributed by atoms with Crippen LogP contribution in [0.2, 0.25) is 0 Å². The number of hydrogen-bond acceptors (Lipinski definition) is 4. The molecule has 0 spiro atoms. The molecular formula is C9H13N3O2. The first-order valence-electron chi connectivity index (χ1n) is 4.65. The second-order valence-electron chi connectivity index (χ2n) is 3.63. The molecule has 5 nitrogen and oxygen atoms in total. The van der Waals surface area contributed by atoms with E-state index in [-0.39, 0.29) is 11.9 Å². The van der Waals surface area contributed by atoms with Crippen molar-refractivity contribution < 1.29 is 9.32 Å². The number of aryl methyl sites for hydroxylation is 1. The summed E-state index contributed by atoms with van der Waals surface area (Å²) in [5, 5.41) is 3.67. The molecule has 0 bridgehead atoms. The molecule has 2 heterocycles. The summed E-state index contributed by atoms with van der Waals surface area (Å²) in [5.41, 5.74) is 6.43. The Labute approximate surface area is 81.8 Å². The highest BCUT2D eigenvalue weighted by molar-refractivity contribution is 5.91. The van der Waals surface area contributed by atoms with Crippen molar-refractivity contribution in [3.63, 3.8) is 0 Å². The molecule has 1 aromatic heterocycles. The van der Waals surface area contributed by atoms with Crippen LogP contribution in [0.4, 0.5) is 0 Å². The Morgan fingerprint density at radius 1 is 1.79 bits per heavy atom. The highest BCUT2D eigenvalue weighted by atomic mass is 16.5. The first-order chi connectivity index (χ1) is 6.66. The lowest BCUT2D eigenvalue weighted by molar-refractivity contribution is 0.0749. The summed E-state index contributed by atoms with van der Waals surface area (Å²) >= 11 is 0. The van der Waals surface area contributed by atoms with Crippen LogP contribution in [0.3, 0.4) is 0 Å². The molecule has 5 heteroatoms. The smallest absolute Gasteiger partial charge is 0.292 e. The number of nitrogens with zero attached hydrogens (tertiary/aromatic N) is 2. The molecule has 76 valence electrons. The average molecular weight is 195 g/mol. The van der Waals surface area contributed by atoms with Crippen LogP contribution in [0.15, 0.2) is 10.6 Å².